The summed E-state index contributed by atoms with van der Waals surface area (Å²) in [4.78, 5) is 0.338. The topological polar surface area (TPSA) is 49.4 Å². The second kappa shape index (κ2) is 6.41. The number of rotatable bonds is 6. The molecule has 1 aromatic carbocycles. The fourth-order valence-corrected chi connectivity index (χ4v) is 3.42. The zero-order chi connectivity index (χ0) is 14.6. The highest BCUT2D eigenvalue weighted by Crippen LogP contribution is 2.24. The summed E-state index contributed by atoms with van der Waals surface area (Å²) in [5, 5.41) is 3.25. The normalized spacial score (nSPS) is 15.4. The van der Waals surface area contributed by atoms with E-state index in [9.17, 15) is 8.42 Å². The van der Waals surface area contributed by atoms with Crippen molar-refractivity contribution < 1.29 is 8.42 Å². The van der Waals surface area contributed by atoms with Gasteiger partial charge in [-0.3, -0.25) is 0 Å². The third-order valence-corrected chi connectivity index (χ3v) is 5.42. The Morgan fingerprint density at radius 2 is 2.00 bits per heavy atom. The lowest BCUT2D eigenvalue weighted by Gasteiger charge is -2.16. The molecule has 1 N–H and O–H groups in total. The van der Waals surface area contributed by atoms with Crippen molar-refractivity contribution in [2.45, 2.75) is 30.6 Å². The lowest BCUT2D eigenvalue weighted by molar-refractivity contribution is 0.521. The molecule has 0 spiro atoms. The van der Waals surface area contributed by atoms with Crippen LogP contribution in [0.15, 0.2) is 40.8 Å². The summed E-state index contributed by atoms with van der Waals surface area (Å²) in [6.45, 7) is 0.770. The van der Waals surface area contributed by atoms with Crippen LogP contribution in [0.5, 0.6) is 0 Å². The van der Waals surface area contributed by atoms with E-state index in [4.69, 9.17) is 0 Å². The summed E-state index contributed by atoms with van der Waals surface area (Å²) in [5.41, 5.74) is 2.16. The zero-order valence-corrected chi connectivity index (χ0v) is 12.9. The van der Waals surface area contributed by atoms with Crippen LogP contribution < -0.4 is 5.32 Å². The van der Waals surface area contributed by atoms with E-state index in [-0.39, 0.29) is 0 Å². The van der Waals surface area contributed by atoms with E-state index in [0.29, 0.717) is 10.6 Å². The van der Waals surface area contributed by atoms with Gasteiger partial charge in [0.15, 0.2) is 0 Å². The van der Waals surface area contributed by atoms with Gasteiger partial charge in [-0.15, -0.1) is 0 Å². The van der Waals surface area contributed by atoms with Gasteiger partial charge in [-0.25, -0.2) is 12.7 Å². The van der Waals surface area contributed by atoms with Crippen molar-refractivity contribution >= 4 is 15.7 Å². The molecule has 5 heteroatoms. The average molecular weight is 294 g/mol. The second-order valence-electron chi connectivity index (χ2n) is 5.21. The minimum atomic E-state index is -3.40. The number of hydrogen-bond acceptors (Lipinski definition) is 3. The molecule has 0 amide bonds. The number of nitrogens with one attached hydrogen (secondary N) is 1. The van der Waals surface area contributed by atoms with Crippen LogP contribution in [-0.4, -0.2) is 33.4 Å². The summed E-state index contributed by atoms with van der Waals surface area (Å²) < 4.78 is 25.7. The third kappa shape index (κ3) is 3.41. The molecule has 1 aliphatic carbocycles. The van der Waals surface area contributed by atoms with Crippen LogP contribution >= 0.6 is 0 Å². The molecule has 0 saturated carbocycles. The molecule has 2 rings (SSSR count). The quantitative estimate of drug-likeness (QED) is 0.821. The Bertz CT molecular complexity index is 592. The molecule has 1 aromatic rings. The molecule has 4 nitrogen and oxygen atoms in total. The summed E-state index contributed by atoms with van der Waals surface area (Å²) in [5.74, 6) is 0. The van der Waals surface area contributed by atoms with Crippen LogP contribution in [0.3, 0.4) is 0 Å². The predicted octanol–water partition coefficient (Wildman–Crippen LogP) is 2.85. The number of allylic oxidation sites excluding steroid dienone is 1. The van der Waals surface area contributed by atoms with E-state index >= 15 is 0 Å². The van der Waals surface area contributed by atoms with Gasteiger partial charge in [0, 0.05) is 20.6 Å². The Labute approximate surface area is 121 Å². The summed E-state index contributed by atoms with van der Waals surface area (Å²) in [6.07, 6.45) is 6.89. The van der Waals surface area contributed by atoms with E-state index in [1.165, 1.54) is 29.1 Å². The van der Waals surface area contributed by atoms with E-state index in [1.807, 2.05) is 12.1 Å². The molecular formula is C15H22N2O2S. The molecule has 110 valence electrons. The van der Waals surface area contributed by atoms with Crippen LogP contribution in [-0.2, 0) is 10.0 Å². The number of sulfonamides is 1. The molecule has 0 radical (unpaired) electrons. The maximum atomic E-state index is 12.2. The standard InChI is InChI=1S/C15H22N2O2S/c1-17(2)20(18,19)15-10-6-5-9-14(15)16-12-11-13-7-3-4-8-13/h5-7,9-10,16H,3-4,8,11-12H2,1-2H3. The minimum Gasteiger partial charge on any atom is -0.384 e. The highest BCUT2D eigenvalue weighted by molar-refractivity contribution is 7.89. The van der Waals surface area contributed by atoms with E-state index in [0.717, 1.165) is 13.0 Å². The average Bonchev–Trinajstić information content (AvgIpc) is 2.92. The molecule has 20 heavy (non-hydrogen) atoms. The summed E-state index contributed by atoms with van der Waals surface area (Å²) in [7, 11) is -0.299. The van der Waals surface area contributed by atoms with Gasteiger partial charge in [0.1, 0.15) is 4.90 Å². The number of hydrogen-bond donors (Lipinski definition) is 1. The van der Waals surface area contributed by atoms with Gasteiger partial charge < -0.3 is 5.32 Å². The van der Waals surface area contributed by atoms with Gasteiger partial charge in [0.05, 0.1) is 5.69 Å². The molecule has 0 atom stereocenters. The fourth-order valence-electron chi connectivity index (χ4n) is 2.36. The van der Waals surface area contributed by atoms with Crippen molar-refractivity contribution in [1.82, 2.24) is 4.31 Å². The van der Waals surface area contributed by atoms with Gasteiger partial charge in [-0.2, -0.15) is 0 Å². The summed E-state index contributed by atoms with van der Waals surface area (Å²) in [6, 6.07) is 7.07. The highest BCUT2D eigenvalue weighted by Gasteiger charge is 2.20. The highest BCUT2D eigenvalue weighted by atomic mass is 32.2. The van der Waals surface area contributed by atoms with Gasteiger partial charge in [0.2, 0.25) is 10.0 Å². The molecule has 0 unspecified atom stereocenters. The number of nitrogens with zero attached hydrogens (tertiary/aromatic N) is 1. The second-order valence-corrected chi connectivity index (χ2v) is 7.34. The van der Waals surface area contributed by atoms with E-state index in [1.54, 1.807) is 26.2 Å². The van der Waals surface area contributed by atoms with E-state index in [2.05, 4.69) is 11.4 Å². The monoisotopic (exact) mass is 294 g/mol. The SMILES string of the molecule is CN(C)S(=O)(=O)c1ccccc1NCCC1=CCCC1. The molecule has 0 saturated heterocycles. The van der Waals surface area contributed by atoms with Gasteiger partial charge in [-0.05, 0) is 37.8 Å². The van der Waals surface area contributed by atoms with Crippen molar-refractivity contribution in [3.8, 4) is 0 Å². The Morgan fingerprint density at radius 3 is 2.65 bits per heavy atom. The smallest absolute Gasteiger partial charge is 0.244 e. The molecule has 0 aromatic heterocycles. The van der Waals surface area contributed by atoms with Crippen LogP contribution in [0.2, 0.25) is 0 Å². The van der Waals surface area contributed by atoms with Gasteiger partial charge in [-0.1, -0.05) is 23.8 Å². The van der Waals surface area contributed by atoms with Crippen LogP contribution in [0.1, 0.15) is 25.7 Å². The maximum absolute atomic E-state index is 12.2. The zero-order valence-electron chi connectivity index (χ0n) is 12.1. The molecule has 0 aliphatic heterocycles. The Morgan fingerprint density at radius 1 is 1.25 bits per heavy atom. The third-order valence-electron chi connectivity index (χ3n) is 3.54. The lowest BCUT2D eigenvalue weighted by Crippen LogP contribution is -2.23. The van der Waals surface area contributed by atoms with Gasteiger partial charge >= 0.3 is 0 Å². The molecule has 1 aliphatic rings. The molecule has 0 heterocycles. The number of anilines is 1. The maximum Gasteiger partial charge on any atom is 0.244 e. The number of benzene rings is 1. The largest absolute Gasteiger partial charge is 0.384 e. The summed E-state index contributed by atoms with van der Waals surface area (Å²) >= 11 is 0. The first-order valence-electron chi connectivity index (χ1n) is 6.95. The first-order valence-corrected chi connectivity index (χ1v) is 8.39. The first kappa shape index (κ1) is 15.1. The van der Waals surface area contributed by atoms with Crippen molar-refractivity contribution in [3.63, 3.8) is 0 Å². The Kier molecular flexibility index (Phi) is 4.83. The van der Waals surface area contributed by atoms with Crippen LogP contribution in [0.4, 0.5) is 5.69 Å². The van der Waals surface area contributed by atoms with Crippen LogP contribution in [0.25, 0.3) is 0 Å². The Hall–Kier alpha value is -1.33. The number of para-hydroxylation sites is 1. The first-order chi connectivity index (χ1) is 9.51. The lowest BCUT2D eigenvalue weighted by atomic mass is 10.1. The minimum absolute atomic E-state index is 0.338. The van der Waals surface area contributed by atoms with Crippen molar-refractivity contribution in [2.75, 3.05) is 26.0 Å². The van der Waals surface area contributed by atoms with Crippen molar-refractivity contribution in [2.24, 2.45) is 0 Å². The predicted molar refractivity (Wildman–Crippen MR) is 82.4 cm³/mol. The molecular weight excluding hydrogens is 272 g/mol. The Balaban J connectivity index is 2.08. The molecule has 0 bridgehead atoms. The van der Waals surface area contributed by atoms with Crippen LogP contribution in [0, 0.1) is 0 Å². The van der Waals surface area contributed by atoms with Crippen molar-refractivity contribution in [1.29, 1.82) is 0 Å². The fraction of sp³-hybridized carbons (Fsp3) is 0.467. The molecule has 0 fully saturated rings. The van der Waals surface area contributed by atoms with E-state index < -0.39 is 10.0 Å². The van der Waals surface area contributed by atoms with Gasteiger partial charge in [0.25, 0.3) is 0 Å². The van der Waals surface area contributed by atoms with Crippen molar-refractivity contribution in [3.05, 3.63) is 35.9 Å².